The van der Waals surface area contributed by atoms with Gasteiger partial charge in [-0.2, -0.15) is 5.10 Å². The highest BCUT2D eigenvalue weighted by Gasteiger charge is 2.19. The van der Waals surface area contributed by atoms with Crippen LogP contribution in [0.5, 0.6) is 5.75 Å². The summed E-state index contributed by atoms with van der Waals surface area (Å²) < 4.78 is 5.19. The first-order chi connectivity index (χ1) is 21.2. The fourth-order valence-corrected chi connectivity index (χ4v) is 5.31. The molecule has 1 fully saturated rings. The van der Waals surface area contributed by atoms with Crippen molar-refractivity contribution in [2.45, 2.75) is 51.9 Å². The Kier molecular flexibility index (Phi) is 11.9. The quantitative estimate of drug-likeness (QED) is 0.170. The minimum absolute atomic E-state index is 0.310. The predicted molar refractivity (Wildman–Crippen MR) is 174 cm³/mol. The number of carbonyl (C=O) groups is 2. The molecule has 4 N–H and O–H groups in total. The van der Waals surface area contributed by atoms with Gasteiger partial charge in [-0.25, -0.2) is 5.43 Å². The highest BCUT2D eigenvalue weighted by Crippen LogP contribution is 2.27. The average molecular weight is 602 g/mol. The summed E-state index contributed by atoms with van der Waals surface area (Å²) in [4.78, 5) is 31.0. The van der Waals surface area contributed by atoms with Crippen LogP contribution in [0.3, 0.4) is 0 Å². The number of ether oxygens (including phenoxy) is 1. The van der Waals surface area contributed by atoms with Crippen LogP contribution in [0.2, 0.25) is 0 Å². The van der Waals surface area contributed by atoms with Gasteiger partial charge in [-0.05, 0) is 98.8 Å². The van der Waals surface area contributed by atoms with Gasteiger partial charge >= 0.3 is 0 Å². The molecular weight excluding hydrogens is 558 g/mol. The number of methoxy groups -OCH3 is 1. The monoisotopic (exact) mass is 601 g/mol. The van der Waals surface area contributed by atoms with Crippen molar-refractivity contribution < 1.29 is 24.5 Å². The first-order valence-electron chi connectivity index (χ1n) is 15.1. The molecule has 4 rings (SSSR count). The largest absolute Gasteiger partial charge is 0.497 e. The Morgan fingerprint density at radius 1 is 0.955 bits per heavy atom. The summed E-state index contributed by atoms with van der Waals surface area (Å²) in [5.41, 5.74) is 6.30. The Labute approximate surface area is 259 Å². The van der Waals surface area contributed by atoms with Crippen LogP contribution >= 0.6 is 0 Å². The van der Waals surface area contributed by atoms with Crippen LogP contribution in [-0.4, -0.2) is 78.6 Å². The number of benzene rings is 3. The number of nitrogens with zero attached hydrogens (tertiary/aromatic N) is 3. The maximum absolute atomic E-state index is 13.4. The van der Waals surface area contributed by atoms with Gasteiger partial charge in [-0.3, -0.25) is 14.5 Å². The fourth-order valence-electron chi connectivity index (χ4n) is 5.31. The molecule has 234 valence electrons. The molecule has 0 spiro atoms. The Bertz CT molecular complexity index is 1410. The van der Waals surface area contributed by atoms with Crippen molar-refractivity contribution in [1.29, 1.82) is 0 Å². The molecule has 3 aromatic rings. The van der Waals surface area contributed by atoms with Crippen molar-refractivity contribution in [2.75, 3.05) is 43.5 Å². The number of anilines is 2. The van der Waals surface area contributed by atoms with Crippen LogP contribution in [0.4, 0.5) is 11.4 Å². The van der Waals surface area contributed by atoms with E-state index in [0.29, 0.717) is 36.4 Å². The van der Waals surface area contributed by atoms with Crippen LogP contribution < -0.4 is 20.4 Å². The van der Waals surface area contributed by atoms with Gasteiger partial charge in [0, 0.05) is 44.0 Å². The number of hydrogen-bond donors (Lipinski definition) is 4. The number of hydrogen-bond acceptors (Lipinski definition) is 8. The van der Waals surface area contributed by atoms with E-state index in [9.17, 15) is 19.8 Å². The molecule has 1 aliphatic rings. The molecule has 2 atom stereocenters. The van der Waals surface area contributed by atoms with E-state index in [1.54, 1.807) is 57.5 Å². The molecule has 0 aromatic heterocycles. The Morgan fingerprint density at radius 3 is 2.32 bits per heavy atom. The second-order valence-corrected chi connectivity index (χ2v) is 11.3. The lowest BCUT2D eigenvalue weighted by Gasteiger charge is -2.29. The van der Waals surface area contributed by atoms with Crippen LogP contribution in [0.15, 0.2) is 71.8 Å². The van der Waals surface area contributed by atoms with E-state index in [1.807, 2.05) is 41.3 Å². The zero-order valence-electron chi connectivity index (χ0n) is 25.7. The Morgan fingerprint density at radius 2 is 1.66 bits per heavy atom. The number of amides is 2. The van der Waals surface area contributed by atoms with Crippen LogP contribution in [0, 0.1) is 0 Å². The van der Waals surface area contributed by atoms with E-state index in [2.05, 4.69) is 20.7 Å². The molecule has 2 unspecified atom stereocenters. The van der Waals surface area contributed by atoms with Gasteiger partial charge in [0.25, 0.3) is 11.8 Å². The number of aliphatic hydroxyl groups excluding tert-OH is 2. The number of aliphatic hydroxyl groups is 2. The highest BCUT2D eigenvalue weighted by molar-refractivity contribution is 6.09. The SMILES string of the molecule is COc1ccc(/C=N/NC(=O)c2cc(N3CCCCC3)ccc2NC(=O)c2cccc(CN(CC(C)O)CC(C)O)c2)cc1. The van der Waals surface area contributed by atoms with Crippen molar-refractivity contribution in [1.82, 2.24) is 10.3 Å². The van der Waals surface area contributed by atoms with E-state index in [4.69, 9.17) is 4.74 Å². The molecule has 2 amide bonds. The molecule has 0 bridgehead atoms. The van der Waals surface area contributed by atoms with Crippen molar-refractivity contribution in [3.8, 4) is 5.75 Å². The van der Waals surface area contributed by atoms with Crippen molar-refractivity contribution in [3.05, 3.63) is 89.0 Å². The van der Waals surface area contributed by atoms with Gasteiger partial charge in [0.05, 0.1) is 36.8 Å². The standard InChI is InChI=1S/C34H43N5O5/c1-24(40)21-38(22-25(2)41)23-27-8-7-9-28(18-27)33(42)36-32-15-12-29(39-16-5-4-6-17-39)19-31(32)34(43)37-35-20-26-10-13-30(44-3)14-11-26/h7-15,18-20,24-25,40-41H,4-6,16-17,21-23H2,1-3H3,(H,36,42)(H,37,43)/b35-20+. The molecule has 10 heteroatoms. The maximum Gasteiger partial charge on any atom is 0.273 e. The first kappa shape index (κ1) is 32.7. The normalized spacial score (nSPS) is 14.8. The lowest BCUT2D eigenvalue weighted by atomic mass is 10.1. The summed E-state index contributed by atoms with van der Waals surface area (Å²) in [5, 5.41) is 26.8. The lowest BCUT2D eigenvalue weighted by Crippen LogP contribution is -2.35. The summed E-state index contributed by atoms with van der Waals surface area (Å²) in [6.45, 7) is 6.48. The van der Waals surface area contributed by atoms with Crippen LogP contribution in [-0.2, 0) is 6.54 Å². The number of rotatable bonds is 13. The van der Waals surface area contributed by atoms with Crippen molar-refractivity contribution in [3.63, 3.8) is 0 Å². The second-order valence-electron chi connectivity index (χ2n) is 11.3. The third-order valence-electron chi connectivity index (χ3n) is 7.35. The van der Waals surface area contributed by atoms with Crippen LogP contribution in [0.1, 0.15) is 65.0 Å². The highest BCUT2D eigenvalue weighted by atomic mass is 16.5. The Hall–Kier alpha value is -4.25. The maximum atomic E-state index is 13.4. The zero-order valence-corrected chi connectivity index (χ0v) is 25.7. The third kappa shape index (κ3) is 9.63. The van der Waals surface area contributed by atoms with E-state index < -0.39 is 18.1 Å². The van der Waals surface area contributed by atoms with Crippen LogP contribution in [0.25, 0.3) is 0 Å². The summed E-state index contributed by atoms with van der Waals surface area (Å²) >= 11 is 0. The summed E-state index contributed by atoms with van der Waals surface area (Å²) in [7, 11) is 1.60. The van der Waals surface area contributed by atoms with Gasteiger partial charge in [0.2, 0.25) is 0 Å². The van der Waals surface area contributed by atoms with Crippen molar-refractivity contribution in [2.24, 2.45) is 5.10 Å². The summed E-state index contributed by atoms with van der Waals surface area (Å²) in [5.74, 6) is -0.0704. The molecule has 0 saturated carbocycles. The third-order valence-corrected chi connectivity index (χ3v) is 7.35. The molecule has 10 nitrogen and oxygen atoms in total. The molecule has 0 radical (unpaired) electrons. The molecule has 44 heavy (non-hydrogen) atoms. The number of carbonyl (C=O) groups excluding carboxylic acids is 2. The minimum atomic E-state index is -0.557. The van der Waals surface area contributed by atoms with E-state index in [1.165, 1.54) is 6.42 Å². The molecule has 0 aliphatic carbocycles. The zero-order chi connectivity index (χ0) is 31.5. The van der Waals surface area contributed by atoms with Gasteiger partial charge in [0.15, 0.2) is 0 Å². The van der Waals surface area contributed by atoms with E-state index in [-0.39, 0.29) is 5.91 Å². The second kappa shape index (κ2) is 16.0. The smallest absolute Gasteiger partial charge is 0.273 e. The van der Waals surface area contributed by atoms with Gasteiger partial charge in [0.1, 0.15) is 5.75 Å². The predicted octanol–water partition coefficient (Wildman–Crippen LogP) is 4.27. The molecule has 1 saturated heterocycles. The Balaban J connectivity index is 1.53. The summed E-state index contributed by atoms with van der Waals surface area (Å²) in [6.07, 6.45) is 3.81. The van der Waals surface area contributed by atoms with E-state index >= 15 is 0 Å². The minimum Gasteiger partial charge on any atom is -0.497 e. The fraction of sp³-hybridized carbons (Fsp3) is 0.382. The van der Waals surface area contributed by atoms with Gasteiger partial charge in [-0.1, -0.05) is 12.1 Å². The topological polar surface area (TPSA) is 127 Å². The number of hydrazone groups is 1. The molecule has 1 heterocycles. The average Bonchev–Trinajstić information content (AvgIpc) is 3.01. The lowest BCUT2D eigenvalue weighted by molar-refractivity contribution is 0.0793. The molecule has 1 aliphatic heterocycles. The molecular formula is C34H43N5O5. The summed E-state index contributed by atoms with van der Waals surface area (Å²) in [6, 6.07) is 20.0. The van der Waals surface area contributed by atoms with Crippen molar-refractivity contribution >= 4 is 29.4 Å². The first-order valence-corrected chi connectivity index (χ1v) is 15.1. The number of nitrogens with one attached hydrogen (secondary N) is 2. The molecule has 3 aromatic carbocycles. The van der Waals surface area contributed by atoms with Gasteiger partial charge < -0.3 is 25.2 Å². The number of piperidine rings is 1. The van der Waals surface area contributed by atoms with Gasteiger partial charge in [-0.15, -0.1) is 0 Å². The van der Waals surface area contributed by atoms with E-state index in [0.717, 1.165) is 48.5 Å².